The lowest BCUT2D eigenvalue weighted by Gasteiger charge is -2.30. The average molecular weight is 137 g/mol. The molecule has 0 amide bonds. The van der Waals surface area contributed by atoms with Crippen molar-refractivity contribution in [2.24, 2.45) is 0 Å². The van der Waals surface area contributed by atoms with Gasteiger partial charge in [0.15, 0.2) is 0 Å². The maximum absolute atomic E-state index is 3.36. The highest BCUT2D eigenvalue weighted by Gasteiger charge is 2.20. The molecule has 0 unspecified atom stereocenters. The van der Waals surface area contributed by atoms with E-state index in [0.717, 1.165) is 12.8 Å². The Hall–Kier alpha value is -0.720. The molecule has 0 fully saturated rings. The highest BCUT2D eigenvalue weighted by molar-refractivity contribution is 5.18. The van der Waals surface area contributed by atoms with E-state index in [1.807, 2.05) is 12.3 Å². The van der Waals surface area contributed by atoms with Crippen LogP contribution in [-0.4, -0.2) is 5.54 Å². The Morgan fingerprint density at radius 3 is 2.20 bits per heavy atom. The summed E-state index contributed by atoms with van der Waals surface area (Å²) in [6.07, 6.45) is 10.7. The van der Waals surface area contributed by atoms with Gasteiger partial charge in [0, 0.05) is 0 Å². The molecular weight excluding hydrogens is 122 g/mol. The predicted molar refractivity (Wildman–Crippen MR) is 44.7 cm³/mol. The maximum Gasteiger partial charge on any atom is 0.0548 e. The third-order valence-electron chi connectivity index (χ3n) is 2.26. The minimum Gasteiger partial charge on any atom is -0.382 e. The van der Waals surface area contributed by atoms with E-state index in [0.29, 0.717) is 0 Å². The van der Waals surface area contributed by atoms with Crippen molar-refractivity contribution in [3.8, 4) is 0 Å². The van der Waals surface area contributed by atoms with Crippen LogP contribution in [0.1, 0.15) is 26.7 Å². The molecule has 56 valence electrons. The van der Waals surface area contributed by atoms with Crippen molar-refractivity contribution in [2.45, 2.75) is 32.2 Å². The molecule has 0 atom stereocenters. The van der Waals surface area contributed by atoms with Crippen LogP contribution in [0.15, 0.2) is 24.4 Å². The van der Waals surface area contributed by atoms with E-state index in [1.165, 1.54) is 0 Å². The lowest BCUT2D eigenvalue weighted by molar-refractivity contribution is 0.421. The molecule has 0 aliphatic carbocycles. The van der Waals surface area contributed by atoms with Gasteiger partial charge in [0.25, 0.3) is 0 Å². The van der Waals surface area contributed by atoms with Gasteiger partial charge in [-0.15, -0.1) is 0 Å². The summed E-state index contributed by atoms with van der Waals surface area (Å²) >= 11 is 0. The van der Waals surface area contributed by atoms with E-state index in [9.17, 15) is 0 Å². The molecule has 1 nitrogen and oxygen atoms in total. The van der Waals surface area contributed by atoms with Crippen molar-refractivity contribution in [2.75, 3.05) is 0 Å². The van der Waals surface area contributed by atoms with E-state index in [2.05, 4.69) is 31.3 Å². The van der Waals surface area contributed by atoms with Crippen molar-refractivity contribution >= 4 is 0 Å². The minimum absolute atomic E-state index is 0.245. The lowest BCUT2D eigenvalue weighted by atomic mass is 9.91. The number of dihydropyridines is 1. The Labute approximate surface area is 62.8 Å². The molecule has 1 heteroatoms. The van der Waals surface area contributed by atoms with E-state index in [4.69, 9.17) is 0 Å². The molecule has 1 aliphatic rings. The highest BCUT2D eigenvalue weighted by atomic mass is 14.9. The molecule has 0 saturated heterocycles. The Morgan fingerprint density at radius 1 is 1.20 bits per heavy atom. The monoisotopic (exact) mass is 137 g/mol. The Kier molecular flexibility index (Phi) is 2.15. The predicted octanol–water partition coefficient (Wildman–Crippen LogP) is 2.22. The van der Waals surface area contributed by atoms with Gasteiger partial charge >= 0.3 is 0 Å². The number of nitrogens with one attached hydrogen (secondary N) is 1. The van der Waals surface area contributed by atoms with Gasteiger partial charge in [-0.05, 0) is 25.1 Å². The third kappa shape index (κ3) is 1.23. The first-order chi connectivity index (χ1) is 4.83. The fourth-order valence-electron chi connectivity index (χ4n) is 1.25. The van der Waals surface area contributed by atoms with Gasteiger partial charge in [0.05, 0.1) is 5.54 Å². The minimum atomic E-state index is 0.245. The smallest absolute Gasteiger partial charge is 0.0548 e. The zero-order chi connectivity index (χ0) is 7.45. The summed E-state index contributed by atoms with van der Waals surface area (Å²) < 4.78 is 0. The van der Waals surface area contributed by atoms with Crippen LogP contribution in [0.4, 0.5) is 0 Å². The zero-order valence-corrected chi connectivity index (χ0v) is 6.72. The molecule has 1 N–H and O–H groups in total. The molecule has 1 rings (SSSR count). The van der Waals surface area contributed by atoms with Gasteiger partial charge in [-0.1, -0.05) is 26.0 Å². The van der Waals surface area contributed by atoms with Crippen LogP contribution >= 0.6 is 0 Å². The van der Waals surface area contributed by atoms with E-state index in [1.54, 1.807) is 0 Å². The molecule has 1 aliphatic heterocycles. The fourth-order valence-corrected chi connectivity index (χ4v) is 1.25. The van der Waals surface area contributed by atoms with Gasteiger partial charge < -0.3 is 5.32 Å². The number of hydrogen-bond acceptors (Lipinski definition) is 1. The SMILES string of the molecule is CCC1(CC)C=CC=CN1. The maximum atomic E-state index is 3.36. The van der Waals surface area contributed by atoms with E-state index < -0.39 is 0 Å². The summed E-state index contributed by atoms with van der Waals surface area (Å²) in [5, 5.41) is 3.36. The Morgan fingerprint density at radius 2 is 1.90 bits per heavy atom. The van der Waals surface area contributed by atoms with Gasteiger partial charge in [-0.25, -0.2) is 0 Å². The molecule has 0 saturated carbocycles. The van der Waals surface area contributed by atoms with Gasteiger partial charge in [-0.3, -0.25) is 0 Å². The molecule has 0 radical (unpaired) electrons. The van der Waals surface area contributed by atoms with E-state index >= 15 is 0 Å². The molecule has 0 spiro atoms. The Bertz CT molecular complexity index is 152. The number of rotatable bonds is 2. The zero-order valence-electron chi connectivity index (χ0n) is 6.72. The van der Waals surface area contributed by atoms with Crippen molar-refractivity contribution < 1.29 is 0 Å². The first kappa shape index (κ1) is 7.39. The quantitative estimate of drug-likeness (QED) is 0.615. The van der Waals surface area contributed by atoms with Gasteiger partial charge in [0.1, 0.15) is 0 Å². The largest absolute Gasteiger partial charge is 0.382 e. The second-order valence-electron chi connectivity index (χ2n) is 2.73. The summed E-state index contributed by atoms with van der Waals surface area (Å²) in [7, 11) is 0. The van der Waals surface area contributed by atoms with Crippen molar-refractivity contribution in [1.82, 2.24) is 5.32 Å². The number of allylic oxidation sites excluding steroid dienone is 2. The van der Waals surface area contributed by atoms with Gasteiger partial charge in [-0.2, -0.15) is 0 Å². The summed E-state index contributed by atoms with van der Waals surface area (Å²) in [5.41, 5.74) is 0.245. The van der Waals surface area contributed by atoms with Crippen molar-refractivity contribution in [3.05, 3.63) is 24.4 Å². The average Bonchev–Trinajstić information content (AvgIpc) is 2.06. The fraction of sp³-hybridized carbons (Fsp3) is 0.556. The Balaban J connectivity index is 2.66. The first-order valence-corrected chi connectivity index (χ1v) is 3.95. The molecule has 0 aromatic heterocycles. The molecule has 0 aromatic rings. The molecule has 0 bridgehead atoms. The topological polar surface area (TPSA) is 12.0 Å². The van der Waals surface area contributed by atoms with Crippen LogP contribution in [0.5, 0.6) is 0 Å². The van der Waals surface area contributed by atoms with E-state index in [-0.39, 0.29) is 5.54 Å². The lowest BCUT2D eigenvalue weighted by Crippen LogP contribution is -2.39. The summed E-state index contributed by atoms with van der Waals surface area (Å²) in [6.45, 7) is 4.42. The molecule has 10 heavy (non-hydrogen) atoms. The molecule has 0 aromatic carbocycles. The summed E-state index contributed by atoms with van der Waals surface area (Å²) in [5.74, 6) is 0. The van der Waals surface area contributed by atoms with Gasteiger partial charge in [0.2, 0.25) is 0 Å². The van der Waals surface area contributed by atoms with Crippen LogP contribution in [0.3, 0.4) is 0 Å². The highest BCUT2D eigenvalue weighted by Crippen LogP contribution is 2.18. The van der Waals surface area contributed by atoms with Crippen LogP contribution in [0.2, 0.25) is 0 Å². The molecule has 1 heterocycles. The third-order valence-corrected chi connectivity index (χ3v) is 2.26. The van der Waals surface area contributed by atoms with Crippen molar-refractivity contribution in [3.63, 3.8) is 0 Å². The second-order valence-corrected chi connectivity index (χ2v) is 2.73. The first-order valence-electron chi connectivity index (χ1n) is 3.95. The molecular formula is C9H15N. The van der Waals surface area contributed by atoms with Crippen LogP contribution in [-0.2, 0) is 0 Å². The van der Waals surface area contributed by atoms with Crippen LogP contribution in [0, 0.1) is 0 Å². The normalized spacial score (nSPS) is 20.6. The van der Waals surface area contributed by atoms with Crippen molar-refractivity contribution in [1.29, 1.82) is 0 Å². The van der Waals surface area contributed by atoms with Crippen LogP contribution in [0.25, 0.3) is 0 Å². The standard InChI is InChI=1S/C9H15N/c1-3-9(4-2)7-5-6-8-10-9/h5-8,10H,3-4H2,1-2H3. The summed E-state index contributed by atoms with van der Waals surface area (Å²) in [6, 6.07) is 0. The second kappa shape index (κ2) is 2.91. The number of hydrogen-bond donors (Lipinski definition) is 1. The summed E-state index contributed by atoms with van der Waals surface area (Å²) in [4.78, 5) is 0. The van der Waals surface area contributed by atoms with Crippen LogP contribution < -0.4 is 5.32 Å².